The van der Waals surface area contributed by atoms with Gasteiger partial charge < -0.3 is 39.5 Å². The second kappa shape index (κ2) is 13.9. The zero-order chi connectivity index (χ0) is 30.6. The number of carboxylic acid groups (broad SMARTS) is 1. The highest BCUT2D eigenvalue weighted by molar-refractivity contribution is 5.89. The Bertz CT molecular complexity index is 1120. The molecule has 0 spiro atoms. The van der Waals surface area contributed by atoms with Crippen LogP contribution in [0.5, 0.6) is 0 Å². The average molecular weight is 593 g/mol. The number of aliphatic carboxylic acids is 1. The van der Waals surface area contributed by atoms with Crippen molar-refractivity contribution >= 4 is 23.8 Å². The van der Waals surface area contributed by atoms with Crippen LogP contribution in [-0.2, 0) is 39.8 Å². The fourth-order valence-electron chi connectivity index (χ4n) is 6.22. The van der Waals surface area contributed by atoms with Crippen molar-refractivity contribution < 1.29 is 53.8 Å². The highest BCUT2D eigenvalue weighted by atomic mass is 16.7. The van der Waals surface area contributed by atoms with Gasteiger partial charge in [-0.1, -0.05) is 36.8 Å². The van der Waals surface area contributed by atoms with Crippen molar-refractivity contribution in [3.63, 3.8) is 0 Å². The Morgan fingerprint density at radius 2 is 1.79 bits per heavy atom. The number of fused-ring (bicyclic) bond motifs is 1. The van der Waals surface area contributed by atoms with Crippen molar-refractivity contribution in [2.75, 3.05) is 6.61 Å². The molecule has 13 nitrogen and oxygen atoms in total. The van der Waals surface area contributed by atoms with Crippen LogP contribution in [0.1, 0.15) is 51.5 Å². The van der Waals surface area contributed by atoms with E-state index in [0.717, 1.165) is 18.4 Å². The SMILES string of the molecule is CCOC(=O)[C@H](CCc1ccccc1)N[C@@H](C)C(=O)N1[C@H](C(=O)O[C@@H]2O[C@H](C(=O)O)[C@@H](O)[C@H](O)[C@H]2O)C[C@@H]2CCC[C@@H]21. The first-order chi connectivity index (χ1) is 20.0. The third kappa shape index (κ3) is 6.92. The molecule has 1 amide bonds. The lowest BCUT2D eigenvalue weighted by atomic mass is 9.99. The minimum atomic E-state index is -1.93. The first-order valence-electron chi connectivity index (χ1n) is 14.4. The summed E-state index contributed by atoms with van der Waals surface area (Å²) in [5.74, 6) is -3.39. The fraction of sp³-hybridized carbons (Fsp3) is 0.655. The van der Waals surface area contributed by atoms with Crippen LogP contribution < -0.4 is 5.32 Å². The van der Waals surface area contributed by atoms with Gasteiger partial charge in [0.05, 0.1) is 12.6 Å². The number of aliphatic hydroxyl groups is 3. The molecule has 3 aliphatic rings. The molecule has 3 fully saturated rings. The van der Waals surface area contributed by atoms with Gasteiger partial charge >= 0.3 is 17.9 Å². The Labute approximate surface area is 243 Å². The minimum absolute atomic E-state index is 0.0361. The van der Waals surface area contributed by atoms with Crippen LogP contribution in [0.4, 0.5) is 0 Å². The zero-order valence-electron chi connectivity index (χ0n) is 23.7. The Morgan fingerprint density at radius 3 is 2.45 bits per heavy atom. The number of nitrogens with zero attached hydrogens (tertiary/aromatic N) is 1. The van der Waals surface area contributed by atoms with Crippen molar-refractivity contribution in [1.29, 1.82) is 0 Å². The number of esters is 2. The Hall–Kier alpha value is -3.10. The molecule has 0 aromatic heterocycles. The van der Waals surface area contributed by atoms with E-state index in [9.17, 15) is 39.6 Å². The van der Waals surface area contributed by atoms with Crippen LogP contribution in [0, 0.1) is 5.92 Å². The fourth-order valence-corrected chi connectivity index (χ4v) is 6.22. The summed E-state index contributed by atoms with van der Waals surface area (Å²) < 4.78 is 15.7. The molecule has 1 aromatic rings. The lowest BCUT2D eigenvalue weighted by Gasteiger charge is -2.39. The topological polar surface area (TPSA) is 192 Å². The number of carboxylic acids is 1. The maximum Gasteiger partial charge on any atom is 0.335 e. The van der Waals surface area contributed by atoms with Crippen molar-refractivity contribution in [1.82, 2.24) is 10.2 Å². The number of amides is 1. The first kappa shape index (κ1) is 31.8. The summed E-state index contributed by atoms with van der Waals surface area (Å²) in [6.07, 6.45) is -5.95. The van der Waals surface area contributed by atoms with Crippen LogP contribution in [0.15, 0.2) is 30.3 Å². The van der Waals surface area contributed by atoms with Crippen LogP contribution in [0.25, 0.3) is 0 Å². The van der Waals surface area contributed by atoms with Gasteiger partial charge in [-0.15, -0.1) is 0 Å². The number of rotatable bonds is 11. The summed E-state index contributed by atoms with van der Waals surface area (Å²) in [7, 11) is 0. The van der Waals surface area contributed by atoms with E-state index in [0.29, 0.717) is 25.7 Å². The van der Waals surface area contributed by atoms with Crippen molar-refractivity contribution in [2.45, 2.75) is 107 Å². The van der Waals surface area contributed by atoms with Crippen LogP contribution in [-0.4, -0.2) is 111 Å². The molecular weight excluding hydrogens is 552 g/mol. The van der Waals surface area contributed by atoms with E-state index in [4.69, 9.17) is 14.2 Å². The molecule has 2 heterocycles. The standard InChI is InChI=1S/C29H40N2O11/c1-3-40-27(38)18(13-12-16-8-5-4-6-9-16)30-15(2)25(35)31-19-11-7-10-17(19)14-20(31)28(39)42-29-23(34)21(32)22(33)24(41-29)26(36)37/h4-6,8-9,15,17-24,29-30,32-34H,3,7,10-14H2,1-2H3,(H,36,37)/t15-,17-,18-,19-,20-,21-,22-,23+,24-,29-/m0/s1. The molecule has 2 saturated heterocycles. The van der Waals surface area contributed by atoms with Crippen LogP contribution >= 0.6 is 0 Å². The lowest BCUT2D eigenvalue weighted by Crippen LogP contribution is -2.61. The number of ether oxygens (including phenoxy) is 3. The number of hydrogen-bond acceptors (Lipinski definition) is 11. The molecule has 42 heavy (non-hydrogen) atoms. The number of likely N-dealkylation sites (tertiary alicyclic amines) is 1. The van der Waals surface area contributed by atoms with Gasteiger partial charge in [0, 0.05) is 6.04 Å². The summed E-state index contributed by atoms with van der Waals surface area (Å²) in [4.78, 5) is 52.9. The number of aliphatic hydroxyl groups excluding tert-OH is 3. The quantitative estimate of drug-likeness (QED) is 0.212. The van der Waals surface area contributed by atoms with Gasteiger partial charge in [-0.05, 0) is 57.4 Å². The maximum atomic E-state index is 13.9. The van der Waals surface area contributed by atoms with E-state index in [2.05, 4.69) is 5.32 Å². The second-order valence-electron chi connectivity index (χ2n) is 11.1. The predicted octanol–water partition coefficient (Wildman–Crippen LogP) is -0.266. The molecule has 10 atom stereocenters. The third-order valence-corrected chi connectivity index (χ3v) is 8.37. The zero-order valence-corrected chi connectivity index (χ0v) is 23.7. The lowest BCUT2D eigenvalue weighted by molar-refractivity contribution is -0.287. The molecule has 0 bridgehead atoms. The van der Waals surface area contributed by atoms with E-state index >= 15 is 0 Å². The molecular formula is C29H40N2O11. The Balaban J connectivity index is 1.47. The van der Waals surface area contributed by atoms with Gasteiger partial charge in [0.2, 0.25) is 12.2 Å². The molecule has 2 aliphatic heterocycles. The van der Waals surface area contributed by atoms with Gasteiger partial charge in [-0.25, -0.2) is 9.59 Å². The summed E-state index contributed by atoms with van der Waals surface area (Å²) in [6, 6.07) is 6.67. The first-order valence-corrected chi connectivity index (χ1v) is 14.4. The van der Waals surface area contributed by atoms with E-state index in [1.54, 1.807) is 13.8 Å². The largest absolute Gasteiger partial charge is 0.479 e. The van der Waals surface area contributed by atoms with Gasteiger partial charge in [-0.2, -0.15) is 0 Å². The molecule has 0 radical (unpaired) electrons. The number of benzene rings is 1. The second-order valence-corrected chi connectivity index (χ2v) is 11.1. The smallest absolute Gasteiger partial charge is 0.335 e. The van der Waals surface area contributed by atoms with Crippen molar-refractivity contribution in [3.05, 3.63) is 35.9 Å². The summed E-state index contributed by atoms with van der Waals surface area (Å²) in [6.45, 7) is 3.50. The summed E-state index contributed by atoms with van der Waals surface area (Å²) in [5, 5.41) is 42.7. The van der Waals surface area contributed by atoms with E-state index < -0.39 is 72.6 Å². The number of carbonyl (C=O) groups is 4. The van der Waals surface area contributed by atoms with E-state index in [1.165, 1.54) is 4.90 Å². The van der Waals surface area contributed by atoms with Gasteiger partial charge in [0.15, 0.2) is 6.10 Å². The molecule has 0 unspecified atom stereocenters. The van der Waals surface area contributed by atoms with Gasteiger partial charge in [0.1, 0.15) is 30.4 Å². The van der Waals surface area contributed by atoms with Crippen molar-refractivity contribution in [3.8, 4) is 0 Å². The monoisotopic (exact) mass is 592 g/mol. The molecule has 13 heteroatoms. The van der Waals surface area contributed by atoms with Gasteiger partial charge in [0.25, 0.3) is 0 Å². The Kier molecular flexibility index (Phi) is 10.5. The number of carbonyl (C=O) groups excluding carboxylic acids is 3. The Morgan fingerprint density at radius 1 is 1.07 bits per heavy atom. The van der Waals surface area contributed by atoms with Crippen LogP contribution in [0.3, 0.4) is 0 Å². The highest BCUT2D eigenvalue weighted by Gasteiger charge is 2.53. The van der Waals surface area contributed by atoms with E-state index in [-0.39, 0.29) is 18.6 Å². The number of aryl methyl sites for hydroxylation is 1. The summed E-state index contributed by atoms with van der Waals surface area (Å²) >= 11 is 0. The molecule has 1 saturated carbocycles. The van der Waals surface area contributed by atoms with Gasteiger partial charge in [-0.3, -0.25) is 14.9 Å². The van der Waals surface area contributed by atoms with Crippen LogP contribution in [0.2, 0.25) is 0 Å². The maximum absolute atomic E-state index is 13.9. The number of nitrogens with one attached hydrogen (secondary N) is 1. The average Bonchev–Trinajstić information content (AvgIpc) is 3.57. The minimum Gasteiger partial charge on any atom is -0.479 e. The molecule has 4 rings (SSSR count). The normalized spacial score (nSPS) is 32.1. The molecule has 232 valence electrons. The predicted molar refractivity (Wildman–Crippen MR) is 145 cm³/mol. The molecule has 1 aliphatic carbocycles. The van der Waals surface area contributed by atoms with E-state index in [1.807, 2.05) is 30.3 Å². The summed E-state index contributed by atoms with van der Waals surface area (Å²) in [5.41, 5.74) is 1.03. The molecule has 1 aromatic carbocycles. The van der Waals surface area contributed by atoms with Crippen molar-refractivity contribution in [2.24, 2.45) is 5.92 Å². The third-order valence-electron chi connectivity index (χ3n) is 8.37. The highest BCUT2D eigenvalue weighted by Crippen LogP contribution is 2.42. The number of hydrogen-bond donors (Lipinski definition) is 5. The molecule has 5 N–H and O–H groups in total.